The maximum Gasteiger partial charge on any atom is 0.239 e. The highest BCUT2D eigenvalue weighted by molar-refractivity contribution is 7.19. The van der Waals surface area contributed by atoms with Gasteiger partial charge in [-0.2, -0.15) is 4.98 Å². The first-order chi connectivity index (χ1) is 9.68. The molecule has 4 heteroatoms. The first-order valence-electron chi connectivity index (χ1n) is 7.75. The second-order valence-corrected chi connectivity index (χ2v) is 9.28. The van der Waals surface area contributed by atoms with Gasteiger partial charge in [0.25, 0.3) is 0 Å². The molecule has 1 aliphatic rings. The van der Waals surface area contributed by atoms with Gasteiger partial charge in [0.05, 0.1) is 26.5 Å². The summed E-state index contributed by atoms with van der Waals surface area (Å²) in [5.74, 6) is 1.94. The maximum atomic E-state index is 4.59. The molecule has 114 valence electrons. The van der Waals surface area contributed by atoms with E-state index in [4.69, 9.17) is 0 Å². The topological polar surface area (TPSA) is 25.8 Å². The van der Waals surface area contributed by atoms with E-state index in [0.29, 0.717) is 5.41 Å². The molecular weight excluding hydrogens is 278 g/mol. The van der Waals surface area contributed by atoms with E-state index in [2.05, 4.69) is 51.9 Å². The summed E-state index contributed by atoms with van der Waals surface area (Å²) in [5.41, 5.74) is 1.92. The number of quaternary nitrogens is 1. The summed E-state index contributed by atoms with van der Waals surface area (Å²) in [7, 11) is 6.56. The van der Waals surface area contributed by atoms with E-state index < -0.39 is 0 Å². The van der Waals surface area contributed by atoms with Gasteiger partial charge in [-0.15, -0.1) is 11.3 Å². The molecule has 2 aromatic heterocycles. The molecule has 21 heavy (non-hydrogen) atoms. The van der Waals surface area contributed by atoms with Gasteiger partial charge >= 0.3 is 0 Å². The molecule has 0 bridgehead atoms. The highest BCUT2D eigenvalue weighted by Gasteiger charge is 2.33. The fourth-order valence-electron chi connectivity index (χ4n) is 3.34. The van der Waals surface area contributed by atoms with Crippen molar-refractivity contribution in [2.45, 2.75) is 40.0 Å². The fraction of sp³-hybridized carbons (Fsp3) is 0.647. The monoisotopic (exact) mass is 304 g/mol. The summed E-state index contributed by atoms with van der Waals surface area (Å²) < 4.78 is 0.755. The maximum absolute atomic E-state index is 4.59. The molecule has 0 fully saturated rings. The second kappa shape index (κ2) is 4.75. The average molecular weight is 304 g/mol. The van der Waals surface area contributed by atoms with Crippen molar-refractivity contribution in [2.24, 2.45) is 11.3 Å². The average Bonchev–Trinajstić information content (AvgIpc) is 2.73. The Morgan fingerprint density at radius 1 is 1.19 bits per heavy atom. The summed E-state index contributed by atoms with van der Waals surface area (Å²) in [5, 5.41) is 1.33. The lowest BCUT2D eigenvalue weighted by Crippen LogP contribution is -2.36. The molecule has 3 rings (SSSR count). The molecule has 3 nitrogen and oxygen atoms in total. The van der Waals surface area contributed by atoms with E-state index in [9.17, 15) is 0 Å². The molecule has 0 amide bonds. The molecule has 0 saturated carbocycles. The van der Waals surface area contributed by atoms with Crippen LogP contribution in [0.15, 0.2) is 6.33 Å². The van der Waals surface area contributed by atoms with Crippen LogP contribution in [-0.4, -0.2) is 31.1 Å². The standard InChI is InChI=1S/C17H26N3S/c1-17(2,3)11-7-8-12-13(9-11)21-16-14(12)15(18-10-19-16)20(4,5)6/h10-11H,7-9H2,1-6H3/q+1. The van der Waals surface area contributed by atoms with Crippen molar-refractivity contribution in [3.05, 3.63) is 16.8 Å². The van der Waals surface area contributed by atoms with Crippen molar-refractivity contribution in [3.63, 3.8) is 0 Å². The Balaban J connectivity index is 2.13. The third-order valence-corrected chi connectivity index (χ3v) is 5.85. The smallest absolute Gasteiger partial charge is 0.239 e. The number of aromatic nitrogens is 2. The zero-order valence-corrected chi connectivity index (χ0v) is 14.8. The van der Waals surface area contributed by atoms with Gasteiger partial charge in [0.2, 0.25) is 5.82 Å². The molecule has 0 aliphatic heterocycles. The lowest BCUT2D eigenvalue weighted by Gasteiger charge is -2.34. The Labute approximate surface area is 131 Å². The number of nitrogens with zero attached hydrogens (tertiary/aromatic N) is 3. The van der Waals surface area contributed by atoms with Gasteiger partial charge in [0.15, 0.2) is 0 Å². The molecule has 1 atom stereocenters. The largest absolute Gasteiger partial charge is 0.281 e. The van der Waals surface area contributed by atoms with Crippen LogP contribution < -0.4 is 4.48 Å². The Hall–Kier alpha value is -1.00. The minimum Gasteiger partial charge on any atom is -0.281 e. The molecule has 2 aromatic rings. The summed E-state index contributed by atoms with van der Waals surface area (Å²) in [4.78, 5) is 11.9. The van der Waals surface area contributed by atoms with Crippen molar-refractivity contribution < 1.29 is 0 Å². The highest BCUT2D eigenvalue weighted by atomic mass is 32.1. The minimum absolute atomic E-state index is 0.391. The van der Waals surface area contributed by atoms with Gasteiger partial charge in [-0.05, 0) is 36.2 Å². The van der Waals surface area contributed by atoms with Crippen LogP contribution in [0.5, 0.6) is 0 Å². The molecule has 0 aromatic carbocycles. The lowest BCUT2D eigenvalue weighted by atomic mass is 9.72. The van der Waals surface area contributed by atoms with Crippen LogP contribution in [0.25, 0.3) is 10.2 Å². The van der Waals surface area contributed by atoms with Crippen LogP contribution in [0.4, 0.5) is 5.82 Å². The molecular formula is C17H26N3S+. The van der Waals surface area contributed by atoms with Crippen molar-refractivity contribution in [3.8, 4) is 0 Å². The second-order valence-electron chi connectivity index (χ2n) is 8.20. The summed E-state index contributed by atoms with van der Waals surface area (Å²) in [6.07, 6.45) is 5.40. The number of thiophene rings is 1. The first-order valence-corrected chi connectivity index (χ1v) is 8.57. The van der Waals surface area contributed by atoms with Gasteiger partial charge in [-0.25, -0.2) is 4.98 Å². The zero-order valence-electron chi connectivity index (χ0n) is 14.0. The highest BCUT2D eigenvalue weighted by Crippen LogP contribution is 2.44. The van der Waals surface area contributed by atoms with Gasteiger partial charge in [0, 0.05) is 4.88 Å². The Bertz CT molecular complexity index is 674. The number of hydrogen-bond acceptors (Lipinski definition) is 3. The predicted molar refractivity (Wildman–Crippen MR) is 92.0 cm³/mol. The van der Waals surface area contributed by atoms with Crippen molar-refractivity contribution in [2.75, 3.05) is 21.1 Å². The fourth-order valence-corrected chi connectivity index (χ4v) is 4.60. The summed E-state index contributed by atoms with van der Waals surface area (Å²) in [6.45, 7) is 7.10. The SMILES string of the molecule is CC(C)(C)C1CCc2c(sc3ncnc([N+](C)(C)C)c23)C1. The lowest BCUT2D eigenvalue weighted by molar-refractivity contribution is 0.218. The van der Waals surface area contributed by atoms with E-state index in [1.807, 2.05) is 11.3 Å². The van der Waals surface area contributed by atoms with E-state index in [1.165, 1.54) is 35.0 Å². The molecule has 1 aliphatic carbocycles. The minimum atomic E-state index is 0.391. The number of aryl methyl sites for hydroxylation is 1. The van der Waals surface area contributed by atoms with Gasteiger partial charge in [-0.3, -0.25) is 4.48 Å². The number of hydrogen-bond donors (Lipinski definition) is 0. The quantitative estimate of drug-likeness (QED) is 0.743. The summed E-state index contributed by atoms with van der Waals surface area (Å²) in [6, 6.07) is 0. The summed E-state index contributed by atoms with van der Waals surface area (Å²) >= 11 is 1.89. The van der Waals surface area contributed by atoms with E-state index in [1.54, 1.807) is 11.2 Å². The van der Waals surface area contributed by atoms with Crippen molar-refractivity contribution in [1.29, 1.82) is 0 Å². The third-order valence-electron chi connectivity index (χ3n) is 4.69. The molecule has 0 spiro atoms. The predicted octanol–water partition coefficient (Wildman–Crippen LogP) is 4.04. The molecule has 0 N–H and O–H groups in total. The first kappa shape index (κ1) is 14.9. The van der Waals surface area contributed by atoms with Crippen molar-refractivity contribution >= 4 is 27.4 Å². The van der Waals surface area contributed by atoms with Gasteiger partial charge in [-0.1, -0.05) is 20.8 Å². The Morgan fingerprint density at radius 3 is 2.52 bits per heavy atom. The molecule has 0 radical (unpaired) electrons. The van der Waals surface area contributed by atoms with Gasteiger partial charge in [0.1, 0.15) is 11.2 Å². The van der Waals surface area contributed by atoms with Crippen LogP contribution in [0.3, 0.4) is 0 Å². The number of fused-ring (bicyclic) bond motifs is 3. The molecule has 1 unspecified atom stereocenters. The van der Waals surface area contributed by atoms with Crippen LogP contribution in [0.2, 0.25) is 0 Å². The normalized spacial score (nSPS) is 19.8. The van der Waals surface area contributed by atoms with Crippen molar-refractivity contribution in [1.82, 2.24) is 14.5 Å². The van der Waals surface area contributed by atoms with Crippen LogP contribution >= 0.6 is 11.3 Å². The van der Waals surface area contributed by atoms with Gasteiger partial charge < -0.3 is 0 Å². The van der Waals surface area contributed by atoms with E-state index in [0.717, 1.165) is 16.2 Å². The number of rotatable bonds is 1. The Morgan fingerprint density at radius 2 is 1.90 bits per heavy atom. The van der Waals surface area contributed by atoms with Crippen LogP contribution in [-0.2, 0) is 12.8 Å². The Kier molecular flexibility index (Phi) is 3.37. The third kappa shape index (κ3) is 2.59. The molecule has 0 saturated heterocycles. The molecule has 2 heterocycles. The van der Waals surface area contributed by atoms with Crippen LogP contribution in [0, 0.1) is 11.3 Å². The van der Waals surface area contributed by atoms with Crippen LogP contribution in [0.1, 0.15) is 37.6 Å². The zero-order chi connectivity index (χ0) is 15.4. The van der Waals surface area contributed by atoms with E-state index in [-0.39, 0.29) is 0 Å². The van der Waals surface area contributed by atoms with E-state index >= 15 is 0 Å².